The first-order chi connectivity index (χ1) is 12.0. The minimum atomic E-state index is -1.08. The van der Waals surface area contributed by atoms with Crippen molar-refractivity contribution >= 4 is 34.0 Å². The molecule has 0 unspecified atom stereocenters. The van der Waals surface area contributed by atoms with Gasteiger partial charge >= 0.3 is 17.3 Å². The van der Waals surface area contributed by atoms with Gasteiger partial charge in [-0.2, -0.15) is 0 Å². The Hall–Kier alpha value is -3.68. The Labute approximate surface area is 140 Å². The summed E-state index contributed by atoms with van der Waals surface area (Å²) in [6.07, 6.45) is 0. The van der Waals surface area contributed by atoms with Crippen LogP contribution < -0.4 is 10.9 Å². The Balaban J connectivity index is 2.26. The van der Waals surface area contributed by atoms with Crippen LogP contribution in [0.5, 0.6) is 0 Å². The second-order valence-electron chi connectivity index (χ2n) is 5.03. The van der Waals surface area contributed by atoms with Crippen LogP contribution in [0.4, 0.5) is 17.1 Å². The molecule has 0 aliphatic rings. The Morgan fingerprint density at radius 2 is 1.84 bits per heavy atom. The third kappa shape index (κ3) is 2.92. The van der Waals surface area contributed by atoms with Crippen LogP contribution in [-0.4, -0.2) is 18.0 Å². The van der Waals surface area contributed by atoms with Crippen LogP contribution in [0.25, 0.3) is 11.0 Å². The number of esters is 1. The van der Waals surface area contributed by atoms with Crippen LogP contribution >= 0.6 is 0 Å². The largest absolute Gasteiger partial charge is 0.465 e. The molecule has 0 bridgehead atoms. The number of fused-ring (bicyclic) bond motifs is 1. The van der Waals surface area contributed by atoms with Crippen molar-refractivity contribution in [2.45, 2.75) is 0 Å². The van der Waals surface area contributed by atoms with Crippen LogP contribution in [-0.2, 0) is 4.74 Å². The van der Waals surface area contributed by atoms with E-state index in [2.05, 4.69) is 5.32 Å². The fourth-order valence-electron chi connectivity index (χ4n) is 2.45. The first-order valence-electron chi connectivity index (χ1n) is 7.17. The maximum Gasteiger partial charge on any atom is 0.417 e. The second-order valence-corrected chi connectivity index (χ2v) is 5.03. The predicted molar refractivity (Wildman–Crippen MR) is 90.2 cm³/mol. The Morgan fingerprint density at radius 1 is 1.16 bits per heavy atom. The molecule has 0 spiro atoms. The zero-order chi connectivity index (χ0) is 18.0. The van der Waals surface area contributed by atoms with Gasteiger partial charge in [-0.15, -0.1) is 0 Å². The lowest BCUT2D eigenvalue weighted by atomic mass is 10.1. The molecule has 126 valence electrons. The molecule has 0 saturated carbocycles. The van der Waals surface area contributed by atoms with Crippen LogP contribution in [0.2, 0.25) is 0 Å². The van der Waals surface area contributed by atoms with Gasteiger partial charge in [0.2, 0.25) is 0 Å². The van der Waals surface area contributed by atoms with Gasteiger partial charge in [-0.25, -0.2) is 9.59 Å². The Bertz CT molecular complexity index is 1040. The summed E-state index contributed by atoms with van der Waals surface area (Å²) in [7, 11) is 1.23. The molecule has 1 N–H and O–H groups in total. The summed E-state index contributed by atoms with van der Waals surface area (Å²) in [5.41, 5.74) is -1.23. The highest BCUT2D eigenvalue weighted by Crippen LogP contribution is 2.33. The molecule has 1 aromatic heterocycles. The summed E-state index contributed by atoms with van der Waals surface area (Å²) < 4.78 is 9.71. The van der Waals surface area contributed by atoms with E-state index in [4.69, 9.17) is 9.15 Å². The third-order valence-corrected chi connectivity index (χ3v) is 3.56. The molecular weight excluding hydrogens is 328 g/mol. The number of hydrogen-bond donors (Lipinski definition) is 1. The predicted octanol–water partition coefficient (Wildman–Crippen LogP) is 3.23. The fraction of sp³-hybridized carbons (Fsp3) is 0.0588. The Morgan fingerprint density at radius 3 is 2.56 bits per heavy atom. The number of rotatable bonds is 4. The molecule has 25 heavy (non-hydrogen) atoms. The van der Waals surface area contributed by atoms with E-state index in [-0.39, 0.29) is 22.5 Å². The van der Waals surface area contributed by atoms with Gasteiger partial charge in [0.05, 0.1) is 23.3 Å². The van der Waals surface area contributed by atoms with Gasteiger partial charge in [-0.05, 0) is 24.3 Å². The molecule has 0 atom stereocenters. The lowest BCUT2D eigenvalue weighted by Gasteiger charge is -2.12. The summed E-state index contributed by atoms with van der Waals surface area (Å²) in [5.74, 6) is -0.613. The molecule has 3 aromatic rings. The summed E-state index contributed by atoms with van der Waals surface area (Å²) >= 11 is 0. The number of benzene rings is 2. The molecule has 0 amide bonds. The van der Waals surface area contributed by atoms with Gasteiger partial charge in [0.15, 0.2) is 0 Å². The SMILES string of the molecule is COC(=O)c1ccccc1Nc1c([N+](=O)[O-])c(=O)oc2ccccc12. The highest BCUT2D eigenvalue weighted by molar-refractivity contribution is 6.01. The van der Waals surface area contributed by atoms with E-state index in [0.29, 0.717) is 5.39 Å². The number of carbonyl (C=O) groups is 1. The number of nitrogens with one attached hydrogen (secondary N) is 1. The molecule has 0 radical (unpaired) electrons. The van der Waals surface area contributed by atoms with Crippen molar-refractivity contribution in [1.82, 2.24) is 0 Å². The normalized spacial score (nSPS) is 10.4. The summed E-state index contributed by atoms with van der Waals surface area (Å²) in [6.45, 7) is 0. The molecule has 0 saturated heterocycles. The van der Waals surface area contributed by atoms with E-state index in [1.54, 1.807) is 36.4 Å². The molecule has 8 nitrogen and oxygen atoms in total. The van der Waals surface area contributed by atoms with Gasteiger partial charge in [-0.1, -0.05) is 24.3 Å². The standard InChI is InChI=1S/C17H12N2O6/c1-24-16(20)10-6-2-4-8-12(10)18-14-11-7-3-5-9-13(11)25-17(21)15(14)19(22)23/h2-9,18H,1H3. The van der Waals surface area contributed by atoms with Gasteiger partial charge in [0, 0.05) is 5.39 Å². The lowest BCUT2D eigenvalue weighted by Crippen LogP contribution is -2.12. The molecule has 3 rings (SSSR count). The topological polar surface area (TPSA) is 112 Å². The molecule has 1 heterocycles. The van der Waals surface area contributed by atoms with Crippen LogP contribution in [0.1, 0.15) is 10.4 Å². The monoisotopic (exact) mass is 340 g/mol. The van der Waals surface area contributed by atoms with Crippen molar-refractivity contribution in [3.8, 4) is 0 Å². The van der Waals surface area contributed by atoms with E-state index in [1.165, 1.54) is 19.2 Å². The van der Waals surface area contributed by atoms with Crippen LogP contribution in [0.15, 0.2) is 57.7 Å². The van der Waals surface area contributed by atoms with E-state index in [0.717, 1.165) is 0 Å². The molecule has 0 fully saturated rings. The summed E-state index contributed by atoms with van der Waals surface area (Å²) in [6, 6.07) is 12.7. The molecule has 2 aromatic carbocycles. The number of hydrogen-bond acceptors (Lipinski definition) is 7. The van der Waals surface area contributed by atoms with E-state index in [9.17, 15) is 19.7 Å². The van der Waals surface area contributed by atoms with E-state index < -0.39 is 22.2 Å². The minimum Gasteiger partial charge on any atom is -0.465 e. The summed E-state index contributed by atoms with van der Waals surface area (Å²) in [5, 5.41) is 14.5. The molecule has 0 aliphatic carbocycles. The van der Waals surface area contributed by atoms with Crippen LogP contribution in [0, 0.1) is 10.1 Å². The fourth-order valence-corrected chi connectivity index (χ4v) is 2.45. The van der Waals surface area contributed by atoms with Crippen molar-refractivity contribution in [2.24, 2.45) is 0 Å². The number of nitrogens with zero attached hydrogens (tertiary/aromatic N) is 1. The molecular formula is C17H12N2O6. The van der Waals surface area contributed by atoms with E-state index >= 15 is 0 Å². The average Bonchev–Trinajstić information content (AvgIpc) is 2.61. The number of ether oxygens (including phenoxy) is 1. The van der Waals surface area contributed by atoms with Crippen molar-refractivity contribution in [3.63, 3.8) is 0 Å². The maximum atomic E-state index is 12.0. The number of methoxy groups -OCH3 is 1. The highest BCUT2D eigenvalue weighted by atomic mass is 16.6. The smallest absolute Gasteiger partial charge is 0.417 e. The number of nitro groups is 1. The van der Waals surface area contributed by atoms with Crippen molar-refractivity contribution in [2.75, 3.05) is 12.4 Å². The zero-order valence-electron chi connectivity index (χ0n) is 13.0. The quantitative estimate of drug-likeness (QED) is 0.336. The van der Waals surface area contributed by atoms with Gasteiger partial charge in [0.1, 0.15) is 11.3 Å². The summed E-state index contributed by atoms with van der Waals surface area (Å²) in [4.78, 5) is 34.5. The second kappa shape index (κ2) is 6.44. The van der Waals surface area contributed by atoms with Gasteiger partial charge < -0.3 is 14.5 Å². The first-order valence-corrected chi connectivity index (χ1v) is 7.17. The number of carbonyl (C=O) groups excluding carboxylic acids is 1. The molecule has 0 aliphatic heterocycles. The lowest BCUT2D eigenvalue weighted by molar-refractivity contribution is -0.386. The Kier molecular flexibility index (Phi) is 4.17. The van der Waals surface area contributed by atoms with Gasteiger partial charge in [-0.3, -0.25) is 10.1 Å². The molecule has 8 heteroatoms. The first kappa shape index (κ1) is 16.2. The van der Waals surface area contributed by atoms with Crippen molar-refractivity contribution in [3.05, 3.63) is 74.6 Å². The van der Waals surface area contributed by atoms with E-state index in [1.807, 2.05) is 0 Å². The average molecular weight is 340 g/mol. The highest BCUT2D eigenvalue weighted by Gasteiger charge is 2.26. The van der Waals surface area contributed by atoms with Crippen molar-refractivity contribution < 1.29 is 18.9 Å². The van der Waals surface area contributed by atoms with Gasteiger partial charge in [0.25, 0.3) is 0 Å². The third-order valence-electron chi connectivity index (χ3n) is 3.56. The number of para-hydroxylation sites is 2. The zero-order valence-corrected chi connectivity index (χ0v) is 13.0. The maximum absolute atomic E-state index is 12.0. The van der Waals surface area contributed by atoms with Crippen LogP contribution in [0.3, 0.4) is 0 Å². The minimum absolute atomic E-state index is 0.0480. The number of anilines is 2. The van der Waals surface area contributed by atoms with Crippen molar-refractivity contribution in [1.29, 1.82) is 0 Å².